The lowest BCUT2D eigenvalue weighted by atomic mass is 9.84. The standard InChI is InChI=1S/C80H91Cl2F3N12O27/c1-32(2)19-46(87-5)70(108)94-61-63(103)35-8-15-50(44(81)21-35)119-52-23-37-24-53(67(52)123-77-68(66(106)65(105)54(31-98)121-77)122-56-28-79(4,69(107)33(3)118-56)88-29-41-30-97(17-18-117-41)78(115)89-38-10-12-40(13-11-38)124-80(83,84)85)120-51-16-9-36(22-45(51)82)64(104)62-75(113)93-60(76(114)96-116-6)43-25-39(99)26-49(101)57(43)42-20-34(7-14-48(42)100)58(72(110)95-62)92-73(111)59(37)91-71(109)47(27-55(86)102)90-74(61)112/h7-16,20-26,32-33,41,46-47,54,56,58-66,68-69,77,87-88,98-101,103-107H,17-19,27-31H2,1-6H3,(H2,86,102)(H,89,115)(H,90,112)(H,91,109)(H,92,111)(H,93,113)(H,94,108)(H,95,110)(H,96,114)/t33-,41?,46+,47-,54+,56-,58+,59+,60+,61+,62-,63+,64+,65+,66-,68+,69+,77-,79-/m0/s1. The van der Waals surface area contributed by atoms with Crippen molar-refractivity contribution in [3.63, 3.8) is 0 Å². The summed E-state index contributed by atoms with van der Waals surface area (Å²) in [4.78, 5) is 139. The molecule has 6 aromatic rings. The Morgan fingerprint density at radius 3 is 1.99 bits per heavy atom. The molecule has 0 spiro atoms. The highest BCUT2D eigenvalue weighted by molar-refractivity contribution is 6.32. The van der Waals surface area contributed by atoms with Crippen LogP contribution in [0, 0.1) is 5.92 Å². The Kier molecular flexibility index (Phi) is 28.6. The molecule has 8 heterocycles. The van der Waals surface area contributed by atoms with Crippen molar-refractivity contribution in [3.8, 4) is 62.9 Å². The average Bonchev–Trinajstić information content (AvgIpc) is 0.766. The number of fused-ring (bicyclic) bond motifs is 15. The van der Waals surface area contributed by atoms with Gasteiger partial charge in [0.25, 0.3) is 5.91 Å². The van der Waals surface area contributed by atoms with Gasteiger partial charge in [-0.2, -0.15) is 0 Å². The molecule has 0 aliphatic carbocycles. The second-order valence-corrected chi connectivity index (χ2v) is 31.6. The number of nitrogens with two attached hydrogens (primary N) is 1. The van der Waals surface area contributed by atoms with E-state index in [1.54, 1.807) is 20.8 Å². The summed E-state index contributed by atoms with van der Waals surface area (Å²) in [5.41, 5.74) is 3.82. The van der Waals surface area contributed by atoms with Gasteiger partial charge in [-0.05, 0) is 140 Å². The molecule has 8 aliphatic rings. The number of benzene rings is 6. The summed E-state index contributed by atoms with van der Waals surface area (Å²) in [5.74, 6) is -16.2. The summed E-state index contributed by atoms with van der Waals surface area (Å²) in [6.45, 7) is 5.65. The summed E-state index contributed by atoms with van der Waals surface area (Å²) in [6, 6.07) is 3.19. The van der Waals surface area contributed by atoms with Gasteiger partial charge >= 0.3 is 12.4 Å². The Balaban J connectivity index is 0.997. The molecular formula is C80H91Cl2F3N12O27. The number of phenols is 3. The molecule has 44 heteroatoms. The number of hydrogen-bond acceptors (Lipinski definition) is 29. The number of carbonyl (C=O) groups is 9. The predicted octanol–water partition coefficient (Wildman–Crippen LogP) is 2.16. The number of anilines is 1. The number of hydroxylamine groups is 1. The van der Waals surface area contributed by atoms with Crippen LogP contribution >= 0.6 is 23.2 Å². The lowest BCUT2D eigenvalue weighted by Crippen LogP contribution is -2.66. The number of aliphatic hydroxyl groups is 6. The third-order valence-corrected chi connectivity index (χ3v) is 22.0. The lowest BCUT2D eigenvalue weighted by Gasteiger charge is -2.49. The van der Waals surface area contributed by atoms with Crippen LogP contribution in [0.5, 0.6) is 51.7 Å². The van der Waals surface area contributed by atoms with E-state index in [4.69, 9.17) is 66.9 Å². The van der Waals surface area contributed by atoms with Crippen molar-refractivity contribution >= 4 is 82.2 Å². The van der Waals surface area contributed by atoms with Crippen LogP contribution in [0.2, 0.25) is 10.0 Å². The molecule has 0 saturated carbocycles. The van der Waals surface area contributed by atoms with Crippen LogP contribution < -0.4 is 78.0 Å². The van der Waals surface area contributed by atoms with Crippen LogP contribution in [0.3, 0.4) is 0 Å². The Morgan fingerprint density at radius 2 is 1.37 bits per heavy atom. The molecule has 668 valence electrons. The molecule has 124 heavy (non-hydrogen) atoms. The minimum atomic E-state index is -4.96. The van der Waals surface area contributed by atoms with Gasteiger partial charge in [0.05, 0.1) is 61.1 Å². The van der Waals surface area contributed by atoms with Crippen LogP contribution in [0.15, 0.2) is 103 Å². The number of likely N-dealkylation sites (N-methyl/N-ethyl adjacent to an activating group) is 1. The van der Waals surface area contributed by atoms with Crippen LogP contribution in [0.1, 0.15) is 105 Å². The molecule has 21 N–H and O–H groups in total. The number of morpholine rings is 1. The van der Waals surface area contributed by atoms with E-state index in [1.807, 2.05) is 0 Å². The molecule has 8 aliphatic heterocycles. The number of primary amides is 1. The third kappa shape index (κ3) is 20.9. The number of aromatic hydroxyl groups is 3. The number of rotatable bonds is 19. The maximum atomic E-state index is 16.3. The summed E-state index contributed by atoms with van der Waals surface area (Å²) < 4.78 is 88.0. The van der Waals surface area contributed by atoms with Gasteiger partial charge < -0.3 is 142 Å². The molecule has 3 saturated heterocycles. The highest BCUT2D eigenvalue weighted by Gasteiger charge is 2.53. The van der Waals surface area contributed by atoms with Gasteiger partial charge in [-0.15, -0.1) is 13.2 Å². The molecule has 14 rings (SSSR count). The Hall–Kier alpha value is -11.2. The third-order valence-electron chi connectivity index (χ3n) is 21.5. The summed E-state index contributed by atoms with van der Waals surface area (Å²) in [7, 11) is 2.49. The molecule has 10 amide bonds. The Bertz CT molecular complexity index is 5030. The van der Waals surface area contributed by atoms with E-state index in [-0.39, 0.29) is 67.4 Å². The maximum Gasteiger partial charge on any atom is 0.573 e. The number of amides is 10. The zero-order valence-electron chi connectivity index (χ0n) is 66.7. The number of hydrogen-bond donors (Lipinski definition) is 20. The van der Waals surface area contributed by atoms with Gasteiger partial charge in [0.15, 0.2) is 23.9 Å². The Morgan fingerprint density at radius 1 is 0.734 bits per heavy atom. The van der Waals surface area contributed by atoms with Crippen molar-refractivity contribution in [2.24, 2.45) is 11.7 Å². The highest BCUT2D eigenvalue weighted by Crippen LogP contribution is 2.50. The summed E-state index contributed by atoms with van der Waals surface area (Å²) in [6.07, 6.45) is -25.4. The number of nitrogens with zero attached hydrogens (tertiary/aromatic N) is 1. The molecule has 39 nitrogen and oxygen atoms in total. The van der Waals surface area contributed by atoms with E-state index in [0.29, 0.717) is 0 Å². The fraction of sp³-hybridized carbons (Fsp3) is 0.438. The van der Waals surface area contributed by atoms with Gasteiger partial charge in [-0.25, -0.2) is 10.3 Å². The first kappa shape index (κ1) is 92.0. The summed E-state index contributed by atoms with van der Waals surface area (Å²) in [5, 5.41) is 129. The van der Waals surface area contributed by atoms with Crippen LogP contribution in [-0.2, 0) is 62.1 Å². The predicted molar refractivity (Wildman–Crippen MR) is 424 cm³/mol. The van der Waals surface area contributed by atoms with Crippen molar-refractivity contribution in [2.75, 3.05) is 52.3 Å². The van der Waals surface area contributed by atoms with Crippen LogP contribution in [0.4, 0.5) is 23.7 Å². The smallest absolute Gasteiger partial charge is 0.508 e. The van der Waals surface area contributed by atoms with E-state index >= 15 is 24.0 Å². The number of ether oxygens (including phenoxy) is 8. The molecule has 0 radical (unpaired) electrons. The Labute approximate surface area is 713 Å². The number of aliphatic hydroxyl groups excluding tert-OH is 6. The minimum Gasteiger partial charge on any atom is -0.508 e. The van der Waals surface area contributed by atoms with Gasteiger partial charge in [0, 0.05) is 54.5 Å². The van der Waals surface area contributed by atoms with Gasteiger partial charge in [0.2, 0.25) is 53.4 Å². The number of urea groups is 1. The second-order valence-electron chi connectivity index (χ2n) is 30.8. The van der Waals surface area contributed by atoms with Gasteiger partial charge in [0.1, 0.15) is 101 Å². The van der Waals surface area contributed by atoms with E-state index in [0.717, 1.165) is 86.0 Å². The number of halogens is 5. The maximum absolute atomic E-state index is 16.3. The average molecular weight is 1780 g/mol. The van der Waals surface area contributed by atoms with Crippen LogP contribution in [-0.4, -0.2) is 243 Å². The topological polar surface area (TPSA) is 568 Å². The molecule has 3 fully saturated rings. The van der Waals surface area contributed by atoms with E-state index in [9.17, 15) is 78.3 Å². The fourth-order valence-electron chi connectivity index (χ4n) is 15.1. The van der Waals surface area contributed by atoms with Gasteiger partial charge in [-0.3, -0.25) is 43.2 Å². The lowest BCUT2D eigenvalue weighted by molar-refractivity contribution is -0.334. The van der Waals surface area contributed by atoms with E-state index < -0.39 is 272 Å². The molecular weight excluding hydrogens is 1690 g/mol. The first-order valence-electron chi connectivity index (χ1n) is 38.8. The number of carbonyl (C=O) groups excluding carboxylic acids is 9. The fourth-order valence-corrected chi connectivity index (χ4v) is 15.6. The molecule has 0 aromatic heterocycles. The van der Waals surface area contributed by atoms with Crippen molar-refractivity contribution in [1.29, 1.82) is 0 Å². The van der Waals surface area contributed by atoms with Crippen molar-refractivity contribution in [2.45, 2.75) is 169 Å². The van der Waals surface area contributed by atoms with E-state index in [1.165, 1.54) is 43.1 Å². The second kappa shape index (κ2) is 38.5. The zero-order valence-corrected chi connectivity index (χ0v) is 68.2. The first-order valence-corrected chi connectivity index (χ1v) is 39.5. The number of phenolic OH excluding ortho intramolecular Hbond substituents is 3. The van der Waals surface area contributed by atoms with Crippen molar-refractivity contribution in [1.82, 2.24) is 52.9 Å². The minimum absolute atomic E-state index is 0.0198. The van der Waals surface area contributed by atoms with Crippen molar-refractivity contribution in [3.05, 3.63) is 141 Å². The largest absolute Gasteiger partial charge is 0.573 e. The molecule has 1 unspecified atom stereocenters. The number of nitrogens with one attached hydrogen (secondary N) is 10. The molecule has 6 aromatic carbocycles. The normalized spacial score (nSPS) is 27.5. The van der Waals surface area contributed by atoms with E-state index in [2.05, 4.69) is 58.1 Å². The summed E-state index contributed by atoms with van der Waals surface area (Å²) >= 11 is 14.3. The SMILES string of the molecule is CN[C@H](CC(C)C)C(=O)N[C@H]1C(=O)N[C@@H](CC(N)=O)C(=O)N[C@H]2C(=O)N[C@H]3C(=O)N[C@H](C(=O)N[C@@H](C(=O)NOC)c4cc(O)cc(O)c4-c4cc3ccc4O)[C@H](O)c3ccc(c(Cl)c3)Oc3cc2cc(c3O[C@@H]2O[C@H](CO)[C@@H](O)[C@H](O)[C@H]2O[C@H]2C[C@](C)(NCC3CN(C(=O)Nc4ccc(OC(F)(F)F)cc4)CCO3)[C@H](O)[C@H](C)O2)Oc2ccc(cc2Cl)[C@H]1O. The zero-order chi connectivity index (χ0) is 89.8. The van der Waals surface area contributed by atoms with Gasteiger partial charge in [-0.1, -0.05) is 55.2 Å². The molecule has 19 atom stereocenters. The van der Waals surface area contributed by atoms with Crippen molar-refractivity contribution < 1.29 is 145 Å². The monoisotopic (exact) mass is 1780 g/mol. The molecule has 11 bridgehead atoms. The van der Waals surface area contributed by atoms with Crippen LogP contribution in [0.25, 0.3) is 11.1 Å². The number of alkyl halides is 3. The quantitative estimate of drug-likeness (QED) is 0.0517. The first-order chi connectivity index (χ1) is 58.7. The highest BCUT2D eigenvalue weighted by atomic mass is 35.5.